The Hall–Kier alpha value is -3.29. The standard InChI is InChI=1S/C25H22N3O2S2/c1-4-15-28-24(16-22-26(2)17-9-5-7-11-19(17)30-22)32-21(25(28)29)13-14-23-27(3)18-10-6-8-12-20(18)31-23/h4-14,16H,1,15H2,2-3H3/q+1. The number of anilines is 1. The van der Waals surface area contributed by atoms with E-state index in [1.807, 2.05) is 73.3 Å². The first-order valence-corrected chi connectivity index (χ1v) is 11.8. The van der Waals surface area contributed by atoms with Gasteiger partial charge >= 0.3 is 5.89 Å². The molecule has 0 atom stereocenters. The molecule has 0 bridgehead atoms. The van der Waals surface area contributed by atoms with Crippen LogP contribution in [-0.2, 0) is 13.6 Å². The zero-order valence-electron chi connectivity index (χ0n) is 17.8. The lowest BCUT2D eigenvalue weighted by atomic mass is 10.3. The Morgan fingerprint density at radius 3 is 2.69 bits per heavy atom. The van der Waals surface area contributed by atoms with Crippen molar-refractivity contribution in [2.45, 2.75) is 11.4 Å². The van der Waals surface area contributed by atoms with Crippen LogP contribution >= 0.6 is 23.1 Å². The summed E-state index contributed by atoms with van der Waals surface area (Å²) in [5.41, 5.74) is 2.97. The lowest BCUT2D eigenvalue weighted by molar-refractivity contribution is -0.652. The number of aromatic nitrogens is 2. The Morgan fingerprint density at radius 1 is 1.12 bits per heavy atom. The highest BCUT2D eigenvalue weighted by atomic mass is 32.2. The maximum absolute atomic E-state index is 13.1. The third kappa shape index (κ3) is 3.53. The van der Waals surface area contributed by atoms with Crippen LogP contribution in [0.3, 0.4) is 0 Å². The second kappa shape index (κ2) is 8.33. The highest BCUT2D eigenvalue weighted by molar-refractivity contribution is 8.03. The SMILES string of the molecule is C=CCn1c(=Cc2oc3ccccc3[n+]2C)sc(=CC=C2Sc3ccccc3N2C)c1=O. The second-order valence-electron chi connectivity index (χ2n) is 7.42. The normalized spacial score (nSPS) is 15.8. The van der Waals surface area contributed by atoms with Gasteiger partial charge in [-0.05, 0) is 30.4 Å². The van der Waals surface area contributed by atoms with Gasteiger partial charge in [0.05, 0.1) is 21.3 Å². The second-order valence-corrected chi connectivity index (χ2v) is 9.55. The van der Waals surface area contributed by atoms with E-state index in [1.54, 1.807) is 22.4 Å². The summed E-state index contributed by atoms with van der Waals surface area (Å²) in [4.78, 5) is 16.5. The maximum atomic E-state index is 13.1. The van der Waals surface area contributed by atoms with Crippen molar-refractivity contribution in [3.63, 3.8) is 0 Å². The summed E-state index contributed by atoms with van der Waals surface area (Å²) in [6, 6.07) is 16.2. The molecule has 0 spiro atoms. The molecule has 2 aromatic heterocycles. The van der Waals surface area contributed by atoms with Gasteiger partial charge in [-0.15, -0.1) is 17.9 Å². The molecule has 5 rings (SSSR count). The van der Waals surface area contributed by atoms with Gasteiger partial charge in [-0.25, -0.2) is 0 Å². The Bertz CT molecular complexity index is 1560. The average molecular weight is 461 g/mol. The van der Waals surface area contributed by atoms with E-state index >= 15 is 0 Å². The fraction of sp³-hybridized carbons (Fsp3) is 0.120. The number of fused-ring (bicyclic) bond motifs is 2. The molecule has 32 heavy (non-hydrogen) atoms. The fourth-order valence-electron chi connectivity index (χ4n) is 3.72. The monoisotopic (exact) mass is 460 g/mol. The summed E-state index contributed by atoms with van der Waals surface area (Å²) in [5.74, 6) is 0.691. The first kappa shape index (κ1) is 20.6. The molecule has 1 aliphatic heterocycles. The highest BCUT2D eigenvalue weighted by Gasteiger charge is 2.20. The number of benzene rings is 2. The third-order valence-corrected chi connectivity index (χ3v) is 7.68. The summed E-state index contributed by atoms with van der Waals surface area (Å²) in [5, 5.41) is 1.09. The van der Waals surface area contributed by atoms with Crippen molar-refractivity contribution in [1.82, 2.24) is 4.57 Å². The molecule has 0 aliphatic carbocycles. The quantitative estimate of drug-likeness (QED) is 0.346. The summed E-state index contributed by atoms with van der Waals surface area (Å²) >= 11 is 3.16. The average Bonchev–Trinajstić information content (AvgIpc) is 3.40. The molecule has 4 aromatic rings. The molecule has 1 aliphatic rings. The lowest BCUT2D eigenvalue weighted by Gasteiger charge is -2.12. The minimum Gasteiger partial charge on any atom is -0.398 e. The van der Waals surface area contributed by atoms with E-state index in [9.17, 15) is 4.79 Å². The van der Waals surface area contributed by atoms with Crippen LogP contribution in [0.2, 0.25) is 0 Å². The molecule has 0 saturated carbocycles. The van der Waals surface area contributed by atoms with Crippen molar-refractivity contribution in [3.05, 3.63) is 97.7 Å². The zero-order valence-corrected chi connectivity index (χ0v) is 19.5. The number of nitrogens with zero attached hydrogens (tertiary/aromatic N) is 3. The molecular weight excluding hydrogens is 438 g/mol. The Morgan fingerprint density at radius 2 is 1.91 bits per heavy atom. The van der Waals surface area contributed by atoms with Crippen molar-refractivity contribution < 1.29 is 8.98 Å². The molecule has 3 heterocycles. The van der Waals surface area contributed by atoms with Crippen molar-refractivity contribution in [2.24, 2.45) is 7.05 Å². The summed E-state index contributed by atoms with van der Waals surface area (Å²) < 4.78 is 11.2. The number of hydrogen-bond donors (Lipinski definition) is 0. The van der Waals surface area contributed by atoms with Crippen LogP contribution in [0, 0.1) is 0 Å². The summed E-state index contributed by atoms with van der Waals surface area (Å²) in [7, 11) is 4.01. The number of thiazole rings is 1. The minimum absolute atomic E-state index is 0.0278. The number of hydrogen-bond acceptors (Lipinski definition) is 5. The Kier molecular flexibility index (Phi) is 5.36. The number of rotatable bonds is 4. The van der Waals surface area contributed by atoms with E-state index < -0.39 is 0 Å². The summed E-state index contributed by atoms with van der Waals surface area (Å²) in [6.07, 6.45) is 7.59. The van der Waals surface area contributed by atoms with Crippen molar-refractivity contribution in [1.29, 1.82) is 0 Å². The van der Waals surface area contributed by atoms with Gasteiger partial charge < -0.3 is 9.32 Å². The smallest absolute Gasteiger partial charge is 0.376 e. The number of oxazole rings is 1. The molecule has 0 fully saturated rings. The molecule has 7 heteroatoms. The van der Waals surface area contributed by atoms with Crippen molar-refractivity contribution in [3.8, 4) is 0 Å². The van der Waals surface area contributed by atoms with Crippen LogP contribution in [0.4, 0.5) is 5.69 Å². The third-order valence-electron chi connectivity index (χ3n) is 5.42. The van der Waals surface area contributed by atoms with E-state index in [2.05, 4.69) is 23.6 Å². The lowest BCUT2D eigenvalue weighted by Crippen LogP contribution is -2.33. The van der Waals surface area contributed by atoms with Gasteiger partial charge in [0.2, 0.25) is 5.58 Å². The Labute approximate surface area is 193 Å². The molecule has 0 amide bonds. The predicted octanol–water partition coefficient (Wildman–Crippen LogP) is 3.36. The van der Waals surface area contributed by atoms with Crippen molar-refractivity contribution >= 4 is 52.0 Å². The van der Waals surface area contributed by atoms with Gasteiger partial charge in [0.25, 0.3) is 11.1 Å². The van der Waals surface area contributed by atoms with Crippen LogP contribution in [0.15, 0.2) is 86.4 Å². The first-order chi connectivity index (χ1) is 15.6. The first-order valence-electron chi connectivity index (χ1n) is 10.2. The van der Waals surface area contributed by atoms with Gasteiger partial charge in [-0.2, -0.15) is 4.57 Å². The van der Waals surface area contributed by atoms with E-state index in [4.69, 9.17) is 4.42 Å². The van der Waals surface area contributed by atoms with E-state index in [0.29, 0.717) is 17.0 Å². The number of aryl methyl sites for hydroxylation is 1. The van der Waals surface area contributed by atoms with Crippen LogP contribution in [0.5, 0.6) is 0 Å². The van der Waals surface area contributed by atoms with Crippen LogP contribution in [-0.4, -0.2) is 11.6 Å². The number of para-hydroxylation sites is 3. The molecule has 0 radical (unpaired) electrons. The van der Waals surface area contributed by atoms with Crippen LogP contribution in [0.1, 0.15) is 5.89 Å². The molecule has 5 nitrogen and oxygen atoms in total. The molecule has 2 aromatic carbocycles. The van der Waals surface area contributed by atoms with E-state index in [-0.39, 0.29) is 5.56 Å². The summed E-state index contributed by atoms with van der Waals surface area (Å²) in [6.45, 7) is 4.26. The largest absolute Gasteiger partial charge is 0.398 e. The van der Waals surface area contributed by atoms with Gasteiger partial charge in [0.15, 0.2) is 0 Å². The molecule has 0 N–H and O–H groups in total. The van der Waals surface area contributed by atoms with E-state index in [0.717, 1.165) is 20.8 Å². The van der Waals surface area contributed by atoms with Gasteiger partial charge in [-0.1, -0.05) is 42.1 Å². The van der Waals surface area contributed by atoms with Gasteiger partial charge in [0, 0.05) is 24.6 Å². The van der Waals surface area contributed by atoms with E-state index in [1.165, 1.54) is 21.9 Å². The predicted molar refractivity (Wildman–Crippen MR) is 132 cm³/mol. The molecular formula is C25H22N3O2S2+. The molecule has 160 valence electrons. The Balaban J connectivity index is 1.61. The number of allylic oxidation sites excluding steroid dienone is 2. The molecule has 0 unspecified atom stereocenters. The molecule has 0 saturated heterocycles. The van der Waals surface area contributed by atoms with Crippen molar-refractivity contribution in [2.75, 3.05) is 11.9 Å². The van der Waals surface area contributed by atoms with Crippen LogP contribution in [0.25, 0.3) is 23.3 Å². The topological polar surface area (TPSA) is 42.3 Å². The maximum Gasteiger partial charge on any atom is 0.376 e. The minimum atomic E-state index is -0.0278. The highest BCUT2D eigenvalue weighted by Crippen LogP contribution is 2.44. The zero-order chi connectivity index (χ0) is 22.2. The fourth-order valence-corrected chi connectivity index (χ4v) is 5.76. The van der Waals surface area contributed by atoms with Gasteiger partial charge in [0.1, 0.15) is 11.7 Å². The van der Waals surface area contributed by atoms with Crippen LogP contribution < -0.4 is 24.2 Å². The number of thioether (sulfide) groups is 1. The van der Waals surface area contributed by atoms with Gasteiger partial charge in [-0.3, -0.25) is 9.36 Å².